The molecule has 2 aromatic carbocycles. The van der Waals surface area contributed by atoms with Crippen LogP contribution in [0, 0.1) is 0 Å². The van der Waals surface area contributed by atoms with Crippen molar-refractivity contribution >= 4 is 34.1 Å². The fourth-order valence-electron chi connectivity index (χ4n) is 4.98. The summed E-state index contributed by atoms with van der Waals surface area (Å²) in [5.41, 5.74) is 2.56. The van der Waals surface area contributed by atoms with Crippen LogP contribution in [0.15, 0.2) is 58.7 Å². The quantitative estimate of drug-likeness (QED) is 0.304. The van der Waals surface area contributed by atoms with Gasteiger partial charge < -0.3 is 9.64 Å². The number of aromatic nitrogens is 2. The molecule has 4 aromatic rings. The van der Waals surface area contributed by atoms with E-state index in [0.717, 1.165) is 37.9 Å². The van der Waals surface area contributed by atoms with E-state index in [9.17, 15) is 14.4 Å². The zero-order valence-electron chi connectivity index (χ0n) is 19.7. The first kappa shape index (κ1) is 22.7. The summed E-state index contributed by atoms with van der Waals surface area (Å²) in [5, 5.41) is 2.58. The maximum Gasteiger partial charge on any atom is 0.343 e. The van der Waals surface area contributed by atoms with Crippen molar-refractivity contribution in [2.75, 3.05) is 6.54 Å². The van der Waals surface area contributed by atoms with E-state index in [-0.39, 0.29) is 11.5 Å². The second kappa shape index (κ2) is 9.35. The molecule has 0 atom stereocenters. The van der Waals surface area contributed by atoms with Crippen LogP contribution in [0.3, 0.4) is 0 Å². The molecular formula is C28H25N3O4S. The lowest BCUT2D eigenvalue weighted by molar-refractivity contribution is 0.0732. The minimum absolute atomic E-state index is 0.0317. The summed E-state index contributed by atoms with van der Waals surface area (Å²) < 4.78 is 7.32. The second-order valence-electron chi connectivity index (χ2n) is 9.29. The second-order valence-corrected chi connectivity index (χ2v) is 10.3. The largest absolute Gasteiger partial charge is 0.423 e. The minimum atomic E-state index is -0.533. The van der Waals surface area contributed by atoms with Crippen LogP contribution in [0.4, 0.5) is 0 Å². The maximum absolute atomic E-state index is 12.9. The Bertz CT molecular complexity index is 1540. The van der Waals surface area contributed by atoms with Crippen molar-refractivity contribution in [3.63, 3.8) is 0 Å². The van der Waals surface area contributed by atoms with Gasteiger partial charge in [0.1, 0.15) is 11.6 Å². The third kappa shape index (κ3) is 4.22. The number of hydrogen-bond donors (Lipinski definition) is 0. The van der Waals surface area contributed by atoms with Gasteiger partial charge in [0.25, 0.3) is 11.5 Å². The number of aryl methyl sites for hydroxylation is 1. The van der Waals surface area contributed by atoms with Crippen LogP contribution < -0.4 is 10.3 Å². The third-order valence-corrected chi connectivity index (χ3v) is 7.98. The summed E-state index contributed by atoms with van der Waals surface area (Å²) >= 11 is 1.74. The Balaban J connectivity index is 1.17. The molecule has 4 heterocycles. The molecule has 6 rings (SSSR count). The highest BCUT2D eigenvalue weighted by molar-refractivity contribution is 7.10. The molecule has 2 aliphatic rings. The molecule has 182 valence electrons. The zero-order chi connectivity index (χ0) is 24.6. The number of amides is 1. The number of hydrogen-bond acceptors (Lipinski definition) is 6. The van der Waals surface area contributed by atoms with E-state index >= 15 is 0 Å². The van der Waals surface area contributed by atoms with E-state index in [2.05, 4.69) is 16.4 Å². The lowest BCUT2D eigenvalue weighted by atomic mass is 10.1. The van der Waals surface area contributed by atoms with Crippen molar-refractivity contribution in [3.05, 3.63) is 91.7 Å². The van der Waals surface area contributed by atoms with Gasteiger partial charge in [-0.2, -0.15) is 0 Å². The first-order valence-electron chi connectivity index (χ1n) is 12.3. The van der Waals surface area contributed by atoms with Gasteiger partial charge in [-0.05, 0) is 78.7 Å². The fourth-order valence-corrected chi connectivity index (χ4v) is 5.87. The lowest BCUT2D eigenvalue weighted by Crippen LogP contribution is -2.35. The Hall–Kier alpha value is -3.78. The Morgan fingerprint density at radius 2 is 1.75 bits per heavy atom. The molecule has 0 unspecified atom stereocenters. The summed E-state index contributed by atoms with van der Waals surface area (Å²) in [7, 11) is 0. The van der Waals surface area contributed by atoms with Gasteiger partial charge in [-0.15, -0.1) is 11.3 Å². The van der Waals surface area contributed by atoms with Gasteiger partial charge in [0.05, 0.1) is 16.5 Å². The average molecular weight is 500 g/mol. The van der Waals surface area contributed by atoms with Crippen molar-refractivity contribution in [2.45, 2.75) is 45.2 Å². The Kier molecular flexibility index (Phi) is 5.89. The predicted molar refractivity (Wildman–Crippen MR) is 138 cm³/mol. The van der Waals surface area contributed by atoms with Gasteiger partial charge in [-0.3, -0.25) is 14.2 Å². The number of carbonyl (C=O) groups excluding carboxylic acids is 2. The van der Waals surface area contributed by atoms with E-state index in [1.54, 1.807) is 58.4 Å². The predicted octanol–water partition coefficient (Wildman–Crippen LogP) is 4.60. The van der Waals surface area contributed by atoms with Gasteiger partial charge in [-0.25, -0.2) is 9.78 Å². The van der Waals surface area contributed by atoms with Crippen LogP contribution in [0.5, 0.6) is 5.75 Å². The molecule has 0 spiro atoms. The van der Waals surface area contributed by atoms with Gasteiger partial charge in [0, 0.05) is 36.5 Å². The van der Waals surface area contributed by atoms with Crippen LogP contribution in [0.25, 0.3) is 10.9 Å². The highest BCUT2D eigenvalue weighted by Gasteiger charge is 2.23. The van der Waals surface area contributed by atoms with Crippen LogP contribution in [-0.4, -0.2) is 32.9 Å². The van der Waals surface area contributed by atoms with Crippen molar-refractivity contribution in [1.82, 2.24) is 14.5 Å². The number of benzene rings is 2. The highest BCUT2D eigenvalue weighted by atomic mass is 32.1. The first-order chi connectivity index (χ1) is 17.6. The van der Waals surface area contributed by atoms with Crippen molar-refractivity contribution in [2.24, 2.45) is 0 Å². The number of nitrogens with zero attached hydrogens (tertiary/aromatic N) is 3. The third-order valence-electron chi connectivity index (χ3n) is 6.96. The fraction of sp³-hybridized carbons (Fsp3) is 0.286. The number of rotatable bonds is 3. The van der Waals surface area contributed by atoms with Gasteiger partial charge in [0.15, 0.2) is 0 Å². The minimum Gasteiger partial charge on any atom is -0.423 e. The molecule has 8 heteroatoms. The first-order valence-corrected chi connectivity index (χ1v) is 13.1. The number of thiophene rings is 1. The SMILES string of the molecule is O=C(Oc1ccc(C(=O)N2CCc3sccc3C2)cc1)c1ccc2c(=O)n3c(nc2c1)CCCCC3. The Morgan fingerprint density at radius 1 is 0.917 bits per heavy atom. The van der Waals surface area contributed by atoms with E-state index in [0.29, 0.717) is 47.4 Å². The molecule has 2 aromatic heterocycles. The van der Waals surface area contributed by atoms with E-state index < -0.39 is 5.97 Å². The molecule has 0 saturated carbocycles. The molecule has 2 aliphatic heterocycles. The number of carbonyl (C=O) groups is 2. The van der Waals surface area contributed by atoms with Crippen molar-refractivity contribution < 1.29 is 14.3 Å². The molecule has 1 amide bonds. The topological polar surface area (TPSA) is 81.5 Å². The molecule has 0 fully saturated rings. The van der Waals surface area contributed by atoms with Gasteiger partial charge in [0.2, 0.25) is 0 Å². The number of ether oxygens (including phenoxy) is 1. The van der Waals surface area contributed by atoms with Crippen LogP contribution in [-0.2, 0) is 25.9 Å². The van der Waals surface area contributed by atoms with Gasteiger partial charge in [-0.1, -0.05) is 6.42 Å². The molecule has 0 radical (unpaired) electrons. The standard InChI is InChI=1S/C28H25N3O4S/c32-26(30-14-11-24-20(17-30)12-15-36-24)18-5-8-21(9-6-18)35-28(34)19-7-10-22-23(16-19)29-25-4-2-1-3-13-31(25)27(22)33/h5-10,12,15-16H,1-4,11,13-14,17H2. The van der Waals surface area contributed by atoms with Crippen LogP contribution >= 0.6 is 11.3 Å². The summed E-state index contributed by atoms with van der Waals surface area (Å²) in [6.07, 6.45) is 4.70. The molecule has 0 bridgehead atoms. The number of fused-ring (bicyclic) bond motifs is 3. The molecular weight excluding hydrogens is 474 g/mol. The number of esters is 1. The highest BCUT2D eigenvalue weighted by Crippen LogP contribution is 2.26. The van der Waals surface area contributed by atoms with Crippen LogP contribution in [0.1, 0.15) is 56.2 Å². The summed E-state index contributed by atoms with van der Waals surface area (Å²) in [6, 6.07) is 13.6. The molecule has 36 heavy (non-hydrogen) atoms. The van der Waals surface area contributed by atoms with Crippen molar-refractivity contribution in [3.8, 4) is 5.75 Å². The van der Waals surface area contributed by atoms with Crippen molar-refractivity contribution in [1.29, 1.82) is 0 Å². The summed E-state index contributed by atoms with van der Waals surface area (Å²) in [5.74, 6) is 0.564. The van der Waals surface area contributed by atoms with E-state index in [4.69, 9.17) is 4.74 Å². The summed E-state index contributed by atoms with van der Waals surface area (Å²) in [6.45, 7) is 2.01. The molecule has 0 aliphatic carbocycles. The Morgan fingerprint density at radius 3 is 2.61 bits per heavy atom. The average Bonchev–Trinajstić information content (AvgIpc) is 3.25. The van der Waals surface area contributed by atoms with Gasteiger partial charge >= 0.3 is 5.97 Å². The normalized spacial score (nSPS) is 15.2. The van der Waals surface area contributed by atoms with Crippen LogP contribution in [0.2, 0.25) is 0 Å². The van der Waals surface area contributed by atoms with E-state index in [1.807, 2.05) is 4.90 Å². The monoisotopic (exact) mass is 499 g/mol. The molecule has 0 N–H and O–H groups in total. The van der Waals surface area contributed by atoms with E-state index in [1.165, 1.54) is 10.4 Å². The summed E-state index contributed by atoms with van der Waals surface area (Å²) in [4.78, 5) is 46.6. The molecule has 0 saturated heterocycles. The molecule has 7 nitrogen and oxygen atoms in total. The Labute approximate surface area is 212 Å². The smallest absolute Gasteiger partial charge is 0.343 e. The maximum atomic E-state index is 12.9. The zero-order valence-corrected chi connectivity index (χ0v) is 20.6. The lowest BCUT2D eigenvalue weighted by Gasteiger charge is -2.27.